The molecule has 3 aromatic rings. The van der Waals surface area contributed by atoms with Gasteiger partial charge in [0.2, 0.25) is 5.91 Å². The Kier molecular flexibility index (Phi) is 6.00. The first-order chi connectivity index (χ1) is 14.2. The summed E-state index contributed by atoms with van der Waals surface area (Å²) in [5.41, 5.74) is 1.23. The molecule has 7 nitrogen and oxygen atoms in total. The fourth-order valence-corrected chi connectivity index (χ4v) is 4.35. The molecular weight excluding hydrogens is 386 g/mol. The third-order valence-corrected chi connectivity index (χ3v) is 6.00. The van der Waals surface area contributed by atoms with Crippen molar-refractivity contribution in [2.75, 3.05) is 18.4 Å². The van der Waals surface area contributed by atoms with Crippen LogP contribution in [0.1, 0.15) is 40.5 Å². The molecule has 8 heteroatoms. The monoisotopic (exact) mass is 409 g/mol. The van der Waals surface area contributed by atoms with Gasteiger partial charge in [-0.05, 0) is 31.0 Å². The SMILES string of the molecule is O=C(CCn1ccnc1)Nc1cccc(C(=O)N2CCCC(c3nccs3)C2)c1. The van der Waals surface area contributed by atoms with E-state index in [9.17, 15) is 9.59 Å². The van der Waals surface area contributed by atoms with Gasteiger partial charge in [0.25, 0.3) is 5.91 Å². The van der Waals surface area contributed by atoms with Crippen LogP contribution in [0.25, 0.3) is 0 Å². The lowest BCUT2D eigenvalue weighted by Gasteiger charge is -2.32. The highest BCUT2D eigenvalue weighted by molar-refractivity contribution is 7.09. The maximum Gasteiger partial charge on any atom is 0.253 e. The lowest BCUT2D eigenvalue weighted by molar-refractivity contribution is -0.116. The third-order valence-electron chi connectivity index (χ3n) is 5.06. The van der Waals surface area contributed by atoms with Crippen LogP contribution in [0.15, 0.2) is 54.6 Å². The lowest BCUT2D eigenvalue weighted by atomic mass is 9.98. The maximum absolute atomic E-state index is 13.0. The first-order valence-electron chi connectivity index (χ1n) is 9.73. The molecule has 2 aromatic heterocycles. The number of imidazole rings is 1. The van der Waals surface area contributed by atoms with Gasteiger partial charge in [-0.25, -0.2) is 9.97 Å². The summed E-state index contributed by atoms with van der Waals surface area (Å²) in [6.07, 6.45) is 9.39. The predicted molar refractivity (Wildman–Crippen MR) is 112 cm³/mol. The van der Waals surface area contributed by atoms with Crippen LogP contribution >= 0.6 is 11.3 Å². The van der Waals surface area contributed by atoms with Gasteiger partial charge in [-0.1, -0.05) is 6.07 Å². The van der Waals surface area contributed by atoms with Crippen LogP contribution in [0.5, 0.6) is 0 Å². The van der Waals surface area contributed by atoms with Crippen molar-refractivity contribution in [3.63, 3.8) is 0 Å². The van der Waals surface area contributed by atoms with Crippen LogP contribution < -0.4 is 5.32 Å². The van der Waals surface area contributed by atoms with Crippen molar-refractivity contribution in [1.29, 1.82) is 0 Å². The Hall–Kier alpha value is -3.00. The second kappa shape index (κ2) is 9.00. The number of anilines is 1. The molecule has 3 heterocycles. The number of nitrogens with one attached hydrogen (secondary N) is 1. The molecular formula is C21H23N5O2S. The topological polar surface area (TPSA) is 80.1 Å². The zero-order chi connectivity index (χ0) is 20.1. The second-order valence-corrected chi connectivity index (χ2v) is 8.07. The number of nitrogens with zero attached hydrogens (tertiary/aromatic N) is 4. The molecule has 0 spiro atoms. The van der Waals surface area contributed by atoms with Gasteiger partial charge in [0.15, 0.2) is 0 Å². The Balaban J connectivity index is 1.37. The van der Waals surface area contributed by atoms with Gasteiger partial charge in [-0.15, -0.1) is 11.3 Å². The van der Waals surface area contributed by atoms with Gasteiger partial charge in [-0.3, -0.25) is 9.59 Å². The average Bonchev–Trinajstić information content (AvgIpc) is 3.46. The maximum atomic E-state index is 13.0. The molecule has 2 amide bonds. The molecule has 1 aliphatic rings. The fourth-order valence-electron chi connectivity index (χ4n) is 3.58. The zero-order valence-corrected chi connectivity index (χ0v) is 16.8. The van der Waals surface area contributed by atoms with E-state index in [0.29, 0.717) is 36.7 Å². The minimum Gasteiger partial charge on any atom is -0.338 e. The molecule has 1 atom stereocenters. The number of thiazole rings is 1. The molecule has 0 radical (unpaired) electrons. The molecule has 150 valence electrons. The molecule has 1 unspecified atom stereocenters. The Labute approximate surface area is 173 Å². The quantitative estimate of drug-likeness (QED) is 0.677. The number of aryl methyl sites for hydroxylation is 1. The number of amides is 2. The highest BCUT2D eigenvalue weighted by atomic mass is 32.1. The number of hydrogen-bond acceptors (Lipinski definition) is 5. The minimum atomic E-state index is -0.0925. The van der Waals surface area contributed by atoms with E-state index in [1.54, 1.807) is 48.1 Å². The van der Waals surface area contributed by atoms with Gasteiger partial charge >= 0.3 is 0 Å². The van der Waals surface area contributed by atoms with E-state index in [1.807, 2.05) is 27.2 Å². The van der Waals surface area contributed by atoms with Crippen molar-refractivity contribution in [3.05, 3.63) is 65.1 Å². The molecule has 0 saturated carbocycles. The zero-order valence-electron chi connectivity index (χ0n) is 16.0. The van der Waals surface area contributed by atoms with Crippen molar-refractivity contribution >= 4 is 28.8 Å². The Morgan fingerprint density at radius 2 is 2.21 bits per heavy atom. The molecule has 1 aliphatic heterocycles. The molecule has 4 rings (SSSR count). The van der Waals surface area contributed by atoms with Crippen LogP contribution in [0.3, 0.4) is 0 Å². The van der Waals surface area contributed by atoms with Crippen molar-refractivity contribution in [1.82, 2.24) is 19.4 Å². The molecule has 0 bridgehead atoms. The summed E-state index contributed by atoms with van der Waals surface area (Å²) in [6.45, 7) is 2.01. The number of hydrogen-bond donors (Lipinski definition) is 1. The predicted octanol–water partition coefficient (Wildman–Crippen LogP) is 3.39. The van der Waals surface area contributed by atoms with Crippen molar-refractivity contribution in [3.8, 4) is 0 Å². The van der Waals surface area contributed by atoms with E-state index < -0.39 is 0 Å². The highest BCUT2D eigenvalue weighted by Crippen LogP contribution is 2.29. The molecule has 1 N–H and O–H groups in total. The van der Waals surface area contributed by atoms with Crippen LogP contribution in [0, 0.1) is 0 Å². The summed E-state index contributed by atoms with van der Waals surface area (Å²) in [4.78, 5) is 35.5. The summed E-state index contributed by atoms with van der Waals surface area (Å²) >= 11 is 1.65. The van der Waals surface area contributed by atoms with Crippen LogP contribution in [-0.2, 0) is 11.3 Å². The van der Waals surface area contributed by atoms with E-state index in [1.165, 1.54) is 0 Å². The minimum absolute atomic E-state index is 0.000714. The summed E-state index contributed by atoms with van der Waals surface area (Å²) < 4.78 is 1.86. The van der Waals surface area contributed by atoms with Crippen molar-refractivity contribution in [2.45, 2.75) is 31.7 Å². The van der Waals surface area contributed by atoms with E-state index >= 15 is 0 Å². The number of aromatic nitrogens is 3. The van der Waals surface area contributed by atoms with E-state index in [2.05, 4.69) is 15.3 Å². The highest BCUT2D eigenvalue weighted by Gasteiger charge is 2.27. The summed E-state index contributed by atoms with van der Waals surface area (Å²) in [5.74, 6) is 0.213. The van der Waals surface area contributed by atoms with E-state index in [-0.39, 0.29) is 11.8 Å². The van der Waals surface area contributed by atoms with Gasteiger partial charge in [0.05, 0.1) is 11.3 Å². The number of carbonyl (C=O) groups is 2. The first-order valence-corrected chi connectivity index (χ1v) is 10.6. The normalized spacial score (nSPS) is 16.6. The Morgan fingerprint density at radius 3 is 3.00 bits per heavy atom. The summed E-state index contributed by atoms with van der Waals surface area (Å²) in [6, 6.07) is 7.17. The number of piperidine rings is 1. The number of benzene rings is 1. The van der Waals surface area contributed by atoms with Crippen LogP contribution in [0.4, 0.5) is 5.69 Å². The van der Waals surface area contributed by atoms with Gasteiger partial charge in [0.1, 0.15) is 0 Å². The average molecular weight is 410 g/mol. The Morgan fingerprint density at radius 1 is 1.28 bits per heavy atom. The molecule has 1 fully saturated rings. The molecule has 0 aliphatic carbocycles. The van der Waals surface area contributed by atoms with Gasteiger partial charge in [0, 0.05) is 67.2 Å². The number of likely N-dealkylation sites (tertiary alicyclic amines) is 1. The molecule has 1 aromatic carbocycles. The van der Waals surface area contributed by atoms with E-state index in [0.717, 1.165) is 24.4 Å². The lowest BCUT2D eigenvalue weighted by Crippen LogP contribution is -2.39. The third kappa shape index (κ3) is 4.89. The largest absolute Gasteiger partial charge is 0.338 e. The smallest absolute Gasteiger partial charge is 0.253 e. The summed E-state index contributed by atoms with van der Waals surface area (Å²) in [7, 11) is 0. The van der Waals surface area contributed by atoms with Crippen LogP contribution in [-0.4, -0.2) is 44.3 Å². The standard InChI is InChI=1S/C21H23N5O2S/c27-19(6-10-25-11-7-22-15-25)24-18-5-1-3-16(13-18)21(28)26-9-2-4-17(14-26)20-23-8-12-29-20/h1,3,5,7-8,11-13,15,17H,2,4,6,9-10,14H2,(H,24,27). The second-order valence-electron chi connectivity index (χ2n) is 7.14. The number of carbonyl (C=O) groups excluding carboxylic acids is 2. The fraction of sp³-hybridized carbons (Fsp3) is 0.333. The van der Waals surface area contributed by atoms with Gasteiger partial charge < -0.3 is 14.8 Å². The van der Waals surface area contributed by atoms with Crippen molar-refractivity contribution < 1.29 is 9.59 Å². The van der Waals surface area contributed by atoms with Gasteiger partial charge in [-0.2, -0.15) is 0 Å². The van der Waals surface area contributed by atoms with Crippen LogP contribution in [0.2, 0.25) is 0 Å². The summed E-state index contributed by atoms with van der Waals surface area (Å²) in [5, 5.41) is 5.96. The Bertz CT molecular complexity index is 955. The van der Waals surface area contributed by atoms with Crippen molar-refractivity contribution in [2.24, 2.45) is 0 Å². The number of rotatable bonds is 6. The molecule has 29 heavy (non-hydrogen) atoms. The molecule has 1 saturated heterocycles. The van der Waals surface area contributed by atoms with E-state index in [4.69, 9.17) is 0 Å². The first kappa shape index (κ1) is 19.3.